The van der Waals surface area contributed by atoms with Crippen molar-refractivity contribution in [3.63, 3.8) is 0 Å². The van der Waals surface area contributed by atoms with Crippen molar-refractivity contribution in [2.75, 3.05) is 5.73 Å². The van der Waals surface area contributed by atoms with Crippen LogP contribution in [0.5, 0.6) is 0 Å². The van der Waals surface area contributed by atoms with Gasteiger partial charge in [0, 0.05) is 31.0 Å². The molecule has 0 amide bonds. The minimum atomic E-state index is 0.691. The summed E-state index contributed by atoms with van der Waals surface area (Å²) in [5.41, 5.74) is 10.6. The second kappa shape index (κ2) is 5.63. The molecule has 2 aromatic rings. The Labute approximate surface area is 120 Å². The summed E-state index contributed by atoms with van der Waals surface area (Å²) in [7, 11) is 0. The molecule has 1 aromatic carbocycles. The molecule has 3 nitrogen and oxygen atoms in total. The number of benzene rings is 1. The molecule has 0 aliphatic heterocycles. The quantitative estimate of drug-likeness (QED) is 0.846. The van der Waals surface area contributed by atoms with Gasteiger partial charge in [-0.15, -0.1) is 0 Å². The van der Waals surface area contributed by atoms with Crippen molar-refractivity contribution in [2.45, 2.75) is 38.9 Å². The number of nitrogen functional groups attached to an aromatic ring is 1. The van der Waals surface area contributed by atoms with Crippen molar-refractivity contribution in [3.05, 3.63) is 59.4 Å². The maximum absolute atomic E-state index is 6.07. The molecule has 104 valence electrons. The topological polar surface area (TPSA) is 42.2 Å². The van der Waals surface area contributed by atoms with Crippen LogP contribution in [0.2, 0.25) is 0 Å². The third kappa shape index (κ3) is 2.99. The molecule has 3 rings (SSSR count). The van der Waals surface area contributed by atoms with Gasteiger partial charge in [0.1, 0.15) is 0 Å². The summed E-state index contributed by atoms with van der Waals surface area (Å²) in [6.45, 7) is 3.95. The SMILES string of the molecule is Cc1cccnc1CN(Cc1ccccc1N)C1CC1. The summed E-state index contributed by atoms with van der Waals surface area (Å²) >= 11 is 0. The smallest absolute Gasteiger partial charge is 0.0573 e. The van der Waals surface area contributed by atoms with Gasteiger partial charge in [0.05, 0.1) is 5.69 Å². The van der Waals surface area contributed by atoms with E-state index in [2.05, 4.69) is 35.0 Å². The summed E-state index contributed by atoms with van der Waals surface area (Å²) in [4.78, 5) is 7.02. The minimum absolute atomic E-state index is 0.691. The first-order valence-electron chi connectivity index (χ1n) is 7.22. The normalized spacial score (nSPS) is 14.7. The second-order valence-electron chi connectivity index (χ2n) is 5.60. The van der Waals surface area contributed by atoms with Crippen molar-refractivity contribution < 1.29 is 0 Å². The molecule has 1 aromatic heterocycles. The van der Waals surface area contributed by atoms with Crippen molar-refractivity contribution >= 4 is 5.69 Å². The lowest BCUT2D eigenvalue weighted by Crippen LogP contribution is -2.26. The molecule has 3 heteroatoms. The Balaban J connectivity index is 1.77. The van der Waals surface area contributed by atoms with Crippen molar-refractivity contribution in [3.8, 4) is 0 Å². The fourth-order valence-electron chi connectivity index (χ4n) is 2.53. The highest BCUT2D eigenvalue weighted by Gasteiger charge is 2.29. The molecule has 1 fully saturated rings. The number of pyridine rings is 1. The van der Waals surface area contributed by atoms with E-state index in [1.807, 2.05) is 24.4 Å². The third-order valence-electron chi connectivity index (χ3n) is 3.96. The molecule has 0 bridgehead atoms. The van der Waals surface area contributed by atoms with Gasteiger partial charge in [-0.3, -0.25) is 9.88 Å². The van der Waals surface area contributed by atoms with E-state index in [9.17, 15) is 0 Å². The van der Waals surface area contributed by atoms with E-state index < -0.39 is 0 Å². The van der Waals surface area contributed by atoms with Crippen LogP contribution in [-0.4, -0.2) is 15.9 Å². The van der Waals surface area contributed by atoms with E-state index in [4.69, 9.17) is 5.73 Å². The number of aromatic nitrogens is 1. The van der Waals surface area contributed by atoms with Gasteiger partial charge in [-0.1, -0.05) is 24.3 Å². The standard InChI is InChI=1S/C17H21N3/c1-13-5-4-10-19-17(13)12-20(15-8-9-15)11-14-6-2-3-7-16(14)18/h2-7,10,15H,8-9,11-12,18H2,1H3. The fraction of sp³-hybridized carbons (Fsp3) is 0.353. The van der Waals surface area contributed by atoms with Crippen LogP contribution in [0.15, 0.2) is 42.6 Å². The maximum Gasteiger partial charge on any atom is 0.0573 e. The molecule has 0 saturated heterocycles. The van der Waals surface area contributed by atoms with Crippen LogP contribution in [-0.2, 0) is 13.1 Å². The predicted molar refractivity (Wildman–Crippen MR) is 82.1 cm³/mol. The van der Waals surface area contributed by atoms with Crippen LogP contribution >= 0.6 is 0 Å². The Bertz CT molecular complexity index is 543. The van der Waals surface area contributed by atoms with E-state index in [0.717, 1.165) is 18.8 Å². The molecule has 1 aliphatic rings. The molecule has 2 N–H and O–H groups in total. The van der Waals surface area contributed by atoms with Gasteiger partial charge in [-0.05, 0) is 43.0 Å². The van der Waals surface area contributed by atoms with Crippen LogP contribution in [0, 0.1) is 6.92 Å². The first-order valence-corrected chi connectivity index (χ1v) is 7.22. The van der Waals surface area contributed by atoms with Crippen LogP contribution in [0.25, 0.3) is 0 Å². The molecular formula is C17H21N3. The molecule has 1 aliphatic carbocycles. The third-order valence-corrected chi connectivity index (χ3v) is 3.96. The summed E-state index contributed by atoms with van der Waals surface area (Å²) in [6.07, 6.45) is 4.46. The predicted octanol–water partition coefficient (Wildman–Crippen LogP) is 3.14. The van der Waals surface area contributed by atoms with E-state index in [1.54, 1.807) is 0 Å². The highest BCUT2D eigenvalue weighted by atomic mass is 15.2. The first-order chi connectivity index (χ1) is 9.74. The van der Waals surface area contributed by atoms with E-state index >= 15 is 0 Å². The van der Waals surface area contributed by atoms with E-state index in [1.165, 1.54) is 29.7 Å². The lowest BCUT2D eigenvalue weighted by Gasteiger charge is -2.23. The Morgan fingerprint density at radius 1 is 1.15 bits per heavy atom. The molecule has 1 saturated carbocycles. The van der Waals surface area contributed by atoms with Crippen molar-refractivity contribution in [1.29, 1.82) is 0 Å². The van der Waals surface area contributed by atoms with Gasteiger partial charge in [0.2, 0.25) is 0 Å². The van der Waals surface area contributed by atoms with Crippen LogP contribution < -0.4 is 5.73 Å². The molecule has 20 heavy (non-hydrogen) atoms. The number of aryl methyl sites for hydroxylation is 1. The fourth-order valence-corrected chi connectivity index (χ4v) is 2.53. The Kier molecular flexibility index (Phi) is 3.70. The number of nitrogens with zero attached hydrogens (tertiary/aromatic N) is 2. The average molecular weight is 267 g/mol. The zero-order chi connectivity index (χ0) is 13.9. The second-order valence-corrected chi connectivity index (χ2v) is 5.60. The zero-order valence-corrected chi connectivity index (χ0v) is 11.9. The molecule has 0 atom stereocenters. The summed E-state index contributed by atoms with van der Waals surface area (Å²) in [5, 5.41) is 0. The lowest BCUT2D eigenvalue weighted by atomic mass is 10.1. The number of hydrogen-bond donors (Lipinski definition) is 1. The Morgan fingerprint density at radius 3 is 2.65 bits per heavy atom. The molecular weight excluding hydrogens is 246 g/mol. The summed E-state index contributed by atoms with van der Waals surface area (Å²) < 4.78 is 0. The van der Waals surface area contributed by atoms with Crippen LogP contribution in [0.1, 0.15) is 29.7 Å². The van der Waals surface area contributed by atoms with Crippen LogP contribution in [0.3, 0.4) is 0 Å². The molecule has 0 spiro atoms. The van der Waals surface area contributed by atoms with E-state index in [-0.39, 0.29) is 0 Å². The lowest BCUT2D eigenvalue weighted by molar-refractivity contribution is 0.242. The summed E-state index contributed by atoms with van der Waals surface area (Å²) in [6, 6.07) is 13.0. The largest absolute Gasteiger partial charge is 0.398 e. The van der Waals surface area contributed by atoms with Gasteiger partial charge in [0.15, 0.2) is 0 Å². The van der Waals surface area contributed by atoms with Gasteiger partial charge in [0.25, 0.3) is 0 Å². The number of hydrogen-bond acceptors (Lipinski definition) is 3. The molecule has 0 unspecified atom stereocenters. The number of rotatable bonds is 5. The first kappa shape index (κ1) is 13.1. The number of nitrogens with two attached hydrogens (primary N) is 1. The van der Waals surface area contributed by atoms with Gasteiger partial charge in [-0.25, -0.2) is 0 Å². The zero-order valence-electron chi connectivity index (χ0n) is 11.9. The summed E-state index contributed by atoms with van der Waals surface area (Å²) in [5.74, 6) is 0. The number of anilines is 1. The Morgan fingerprint density at radius 2 is 1.95 bits per heavy atom. The van der Waals surface area contributed by atoms with E-state index in [0.29, 0.717) is 6.04 Å². The van der Waals surface area contributed by atoms with Crippen molar-refractivity contribution in [2.24, 2.45) is 0 Å². The average Bonchev–Trinajstić information content (AvgIpc) is 3.27. The monoisotopic (exact) mass is 267 g/mol. The highest BCUT2D eigenvalue weighted by Crippen LogP contribution is 2.30. The van der Waals surface area contributed by atoms with Crippen molar-refractivity contribution in [1.82, 2.24) is 9.88 Å². The van der Waals surface area contributed by atoms with Crippen LogP contribution in [0.4, 0.5) is 5.69 Å². The van der Waals surface area contributed by atoms with Gasteiger partial charge < -0.3 is 5.73 Å². The molecule has 1 heterocycles. The minimum Gasteiger partial charge on any atom is -0.398 e. The number of para-hydroxylation sites is 1. The maximum atomic E-state index is 6.07. The van der Waals surface area contributed by atoms with Gasteiger partial charge in [-0.2, -0.15) is 0 Å². The Hall–Kier alpha value is -1.87. The molecule has 0 radical (unpaired) electrons. The van der Waals surface area contributed by atoms with Gasteiger partial charge >= 0.3 is 0 Å². The highest BCUT2D eigenvalue weighted by molar-refractivity contribution is 5.46.